The Bertz CT molecular complexity index is 1560. The van der Waals surface area contributed by atoms with E-state index in [4.69, 9.17) is 13.9 Å². The number of hydrogen-bond donors (Lipinski definition) is 2. The Morgan fingerprint density at radius 3 is 2.66 bits per heavy atom. The normalized spacial score (nSPS) is 15.0. The summed E-state index contributed by atoms with van der Waals surface area (Å²) in [5.74, 6) is 0.963. The number of aromatic hydroxyl groups is 1. The van der Waals surface area contributed by atoms with Crippen molar-refractivity contribution in [1.29, 1.82) is 0 Å². The monoisotopic (exact) mass is 516 g/mol. The van der Waals surface area contributed by atoms with Gasteiger partial charge in [0.15, 0.2) is 5.76 Å². The summed E-state index contributed by atoms with van der Waals surface area (Å²) < 4.78 is 44.4. The van der Waals surface area contributed by atoms with Crippen molar-refractivity contribution in [2.75, 3.05) is 26.3 Å². The van der Waals surface area contributed by atoms with E-state index < -0.39 is 10.0 Å². The number of furan rings is 1. The van der Waals surface area contributed by atoms with Crippen molar-refractivity contribution < 1.29 is 27.4 Å². The molecular formula is C24H24N2O7S2. The van der Waals surface area contributed by atoms with Gasteiger partial charge in [0.2, 0.25) is 0 Å². The fourth-order valence-electron chi connectivity index (χ4n) is 3.93. The summed E-state index contributed by atoms with van der Waals surface area (Å²) in [6, 6.07) is 10.5. The van der Waals surface area contributed by atoms with Crippen LogP contribution < -0.4 is 10.3 Å². The molecule has 0 spiro atoms. The lowest BCUT2D eigenvalue weighted by atomic mass is 10.1. The van der Waals surface area contributed by atoms with E-state index in [-0.39, 0.29) is 23.5 Å². The molecule has 0 atom stereocenters. The predicted octanol–water partition coefficient (Wildman–Crippen LogP) is 3.77. The highest BCUT2D eigenvalue weighted by atomic mass is 32.2. The van der Waals surface area contributed by atoms with Gasteiger partial charge in [-0.15, -0.1) is 11.3 Å². The Balaban J connectivity index is 1.33. The molecule has 0 bridgehead atoms. The van der Waals surface area contributed by atoms with Crippen LogP contribution in [0.25, 0.3) is 22.4 Å². The summed E-state index contributed by atoms with van der Waals surface area (Å²) in [4.78, 5) is 15.7. The van der Waals surface area contributed by atoms with E-state index in [1.165, 1.54) is 15.6 Å². The molecule has 1 aliphatic heterocycles. The second-order valence-electron chi connectivity index (χ2n) is 8.26. The van der Waals surface area contributed by atoms with Crippen molar-refractivity contribution in [1.82, 2.24) is 9.29 Å². The van der Waals surface area contributed by atoms with Crippen LogP contribution in [0.15, 0.2) is 49.8 Å². The highest BCUT2D eigenvalue weighted by molar-refractivity contribution is 7.91. The molecular weight excluding hydrogens is 492 g/mol. The van der Waals surface area contributed by atoms with E-state index in [0.29, 0.717) is 58.9 Å². The molecule has 184 valence electrons. The number of morpholine rings is 1. The zero-order valence-electron chi connectivity index (χ0n) is 19.2. The van der Waals surface area contributed by atoms with E-state index in [2.05, 4.69) is 4.98 Å². The topological polar surface area (TPSA) is 122 Å². The third-order valence-electron chi connectivity index (χ3n) is 5.98. The van der Waals surface area contributed by atoms with Crippen LogP contribution >= 0.6 is 11.3 Å². The summed E-state index contributed by atoms with van der Waals surface area (Å²) in [6.07, 6.45) is 0. The van der Waals surface area contributed by atoms with Gasteiger partial charge in [0.1, 0.15) is 27.9 Å². The molecule has 1 aromatic carbocycles. The van der Waals surface area contributed by atoms with Crippen LogP contribution in [0.4, 0.5) is 0 Å². The fourth-order valence-corrected chi connectivity index (χ4v) is 6.76. The Labute approximate surface area is 205 Å². The molecule has 0 unspecified atom stereocenters. The maximum atomic E-state index is 12.8. The summed E-state index contributed by atoms with van der Waals surface area (Å²) in [6.45, 7) is 5.01. The smallest absolute Gasteiger partial charge is 0.255 e. The summed E-state index contributed by atoms with van der Waals surface area (Å²) >= 11 is 1.19. The van der Waals surface area contributed by atoms with E-state index in [1.54, 1.807) is 44.2 Å². The summed E-state index contributed by atoms with van der Waals surface area (Å²) in [7, 11) is -3.53. The van der Waals surface area contributed by atoms with Gasteiger partial charge in [-0.1, -0.05) is 0 Å². The second-order valence-corrected chi connectivity index (χ2v) is 11.6. The highest BCUT2D eigenvalue weighted by Gasteiger charge is 2.27. The Morgan fingerprint density at radius 2 is 1.89 bits per heavy atom. The first-order valence-electron chi connectivity index (χ1n) is 11.0. The zero-order valence-corrected chi connectivity index (χ0v) is 20.8. The standard InChI is InChI=1S/C24H24N2O7S2/c1-14-22(25-24(28)15(2)23(14)27)20-12-16-11-17(3-5-19(16)33-20)32-13-18-4-6-21(34-18)35(29,30)26-7-9-31-10-8-26/h3-6,11-12H,7-10,13H2,1-2H3,(H2,25,27,28). The Kier molecular flexibility index (Phi) is 6.18. The van der Waals surface area contributed by atoms with Gasteiger partial charge in [-0.3, -0.25) is 4.79 Å². The molecule has 1 saturated heterocycles. The number of nitrogens with one attached hydrogen (secondary N) is 1. The van der Waals surface area contributed by atoms with E-state index in [0.717, 1.165) is 10.3 Å². The summed E-state index contributed by atoms with van der Waals surface area (Å²) in [5, 5.41) is 11.0. The van der Waals surface area contributed by atoms with Gasteiger partial charge in [0.25, 0.3) is 15.6 Å². The maximum Gasteiger partial charge on any atom is 0.255 e. The lowest BCUT2D eigenvalue weighted by Crippen LogP contribution is -2.40. The number of rotatable bonds is 6. The first-order valence-corrected chi connectivity index (χ1v) is 13.3. The van der Waals surface area contributed by atoms with Crippen LogP contribution in [0, 0.1) is 13.8 Å². The van der Waals surface area contributed by atoms with Gasteiger partial charge in [-0.25, -0.2) is 8.42 Å². The first kappa shape index (κ1) is 23.6. The number of H-pyrrole nitrogens is 1. The molecule has 3 aromatic heterocycles. The zero-order chi connectivity index (χ0) is 24.7. The molecule has 0 aliphatic carbocycles. The molecule has 0 amide bonds. The molecule has 1 fully saturated rings. The second kappa shape index (κ2) is 9.15. The third-order valence-corrected chi connectivity index (χ3v) is 9.41. The van der Waals surface area contributed by atoms with Gasteiger partial charge in [-0.05, 0) is 50.2 Å². The molecule has 0 radical (unpaired) electrons. The van der Waals surface area contributed by atoms with E-state index >= 15 is 0 Å². The van der Waals surface area contributed by atoms with Crippen LogP contribution in [0.1, 0.15) is 16.0 Å². The highest BCUT2D eigenvalue weighted by Crippen LogP contribution is 2.34. The van der Waals surface area contributed by atoms with Crippen molar-refractivity contribution in [3.63, 3.8) is 0 Å². The minimum absolute atomic E-state index is 0.0563. The number of hydrogen-bond acceptors (Lipinski definition) is 8. The van der Waals surface area contributed by atoms with Gasteiger partial charge >= 0.3 is 0 Å². The molecule has 11 heteroatoms. The number of pyridine rings is 1. The van der Waals surface area contributed by atoms with Crippen LogP contribution in [0.5, 0.6) is 11.5 Å². The molecule has 0 saturated carbocycles. The van der Waals surface area contributed by atoms with Gasteiger partial charge in [0, 0.05) is 28.9 Å². The molecule has 9 nitrogen and oxygen atoms in total. The molecule has 35 heavy (non-hydrogen) atoms. The van der Waals surface area contributed by atoms with Crippen LogP contribution in [-0.4, -0.2) is 49.1 Å². The van der Waals surface area contributed by atoms with Crippen molar-refractivity contribution in [2.45, 2.75) is 24.7 Å². The van der Waals surface area contributed by atoms with Crippen LogP contribution in [0.2, 0.25) is 0 Å². The van der Waals surface area contributed by atoms with Crippen molar-refractivity contribution in [2.24, 2.45) is 0 Å². The Hall–Kier alpha value is -3.12. The number of aromatic nitrogens is 1. The number of benzene rings is 1. The van der Waals surface area contributed by atoms with E-state index in [9.17, 15) is 18.3 Å². The largest absolute Gasteiger partial charge is 0.507 e. The Morgan fingerprint density at radius 1 is 1.11 bits per heavy atom. The summed E-state index contributed by atoms with van der Waals surface area (Å²) in [5.41, 5.74) is 1.43. The molecule has 2 N–H and O–H groups in total. The number of ether oxygens (including phenoxy) is 2. The van der Waals surface area contributed by atoms with Crippen molar-refractivity contribution in [3.8, 4) is 23.0 Å². The van der Waals surface area contributed by atoms with Gasteiger partial charge in [-0.2, -0.15) is 4.31 Å². The van der Waals surface area contributed by atoms with Gasteiger partial charge in [0.05, 0.1) is 24.5 Å². The van der Waals surface area contributed by atoms with E-state index in [1.807, 2.05) is 6.07 Å². The third kappa shape index (κ3) is 4.47. The lowest BCUT2D eigenvalue weighted by Gasteiger charge is -2.25. The molecule has 4 heterocycles. The number of fused-ring (bicyclic) bond motifs is 1. The lowest BCUT2D eigenvalue weighted by molar-refractivity contribution is 0.0731. The SMILES string of the molecule is Cc1c(-c2cc3cc(OCc4ccc(S(=O)(=O)N5CCOCC5)s4)ccc3o2)[nH]c(=O)c(C)c1O. The number of thiophene rings is 1. The fraction of sp³-hybridized carbons (Fsp3) is 0.292. The quantitative estimate of drug-likeness (QED) is 0.400. The minimum atomic E-state index is -3.53. The van der Waals surface area contributed by atoms with Crippen molar-refractivity contribution >= 4 is 32.3 Å². The number of aromatic amines is 1. The van der Waals surface area contributed by atoms with Gasteiger partial charge < -0.3 is 24.0 Å². The average molecular weight is 517 g/mol. The number of nitrogens with zero attached hydrogens (tertiary/aromatic N) is 1. The minimum Gasteiger partial charge on any atom is -0.507 e. The van der Waals surface area contributed by atoms with Crippen molar-refractivity contribution in [3.05, 3.63) is 62.8 Å². The molecule has 4 aromatic rings. The van der Waals surface area contributed by atoms with Crippen LogP contribution in [0.3, 0.4) is 0 Å². The molecule has 1 aliphatic rings. The number of sulfonamides is 1. The predicted molar refractivity (Wildman–Crippen MR) is 132 cm³/mol. The van der Waals surface area contributed by atoms with Crippen LogP contribution in [-0.2, 0) is 21.4 Å². The maximum absolute atomic E-state index is 12.8. The average Bonchev–Trinajstić information content (AvgIpc) is 3.51. The molecule has 5 rings (SSSR count). The first-order chi connectivity index (χ1) is 16.7.